The summed E-state index contributed by atoms with van der Waals surface area (Å²) in [4.78, 5) is 11.9. The highest BCUT2D eigenvalue weighted by atomic mass is 19.1. The lowest BCUT2D eigenvalue weighted by Gasteiger charge is -2.14. The first kappa shape index (κ1) is 12.8. The number of benzene rings is 1. The molecule has 104 valence electrons. The second kappa shape index (κ2) is 5.07. The number of nitrogens with one attached hydrogen (secondary N) is 1. The van der Waals surface area contributed by atoms with E-state index >= 15 is 0 Å². The molecule has 3 rings (SSSR count). The van der Waals surface area contributed by atoms with Crippen LogP contribution in [0.15, 0.2) is 24.3 Å². The normalized spacial score (nSPS) is 13.9. The van der Waals surface area contributed by atoms with Crippen molar-refractivity contribution in [3.05, 3.63) is 47.0 Å². The maximum absolute atomic E-state index is 13.0. The predicted octanol–water partition coefficient (Wildman–Crippen LogP) is 2.25. The summed E-state index contributed by atoms with van der Waals surface area (Å²) in [6, 6.07) is 6.19. The van der Waals surface area contributed by atoms with E-state index in [1.807, 2.05) is 0 Å². The van der Waals surface area contributed by atoms with E-state index in [-0.39, 0.29) is 11.7 Å². The molecule has 1 aliphatic rings. The number of carbonyl (C=O) groups is 1. The van der Waals surface area contributed by atoms with Gasteiger partial charge in [0.1, 0.15) is 5.82 Å². The average molecular weight is 273 g/mol. The number of rotatable bonds is 2. The van der Waals surface area contributed by atoms with Gasteiger partial charge in [0.2, 0.25) is 0 Å². The van der Waals surface area contributed by atoms with Gasteiger partial charge in [-0.1, -0.05) is 0 Å². The standard InChI is InChI=1S/C15H16FN3O/c1-17-15(20)14-12-4-2-3-5-13(12)19(18-14)11-8-6-10(16)7-9-11/h6-9H,2-5H2,1H3,(H,17,20). The van der Waals surface area contributed by atoms with E-state index < -0.39 is 0 Å². The molecular weight excluding hydrogens is 257 g/mol. The van der Waals surface area contributed by atoms with Crippen molar-refractivity contribution in [3.8, 4) is 5.69 Å². The van der Waals surface area contributed by atoms with Crippen LogP contribution in [0, 0.1) is 5.82 Å². The van der Waals surface area contributed by atoms with Crippen LogP contribution in [-0.2, 0) is 12.8 Å². The molecule has 1 heterocycles. The number of hydrogen-bond donors (Lipinski definition) is 1. The lowest BCUT2D eigenvalue weighted by Crippen LogP contribution is -2.20. The summed E-state index contributed by atoms with van der Waals surface area (Å²) in [5, 5.41) is 7.08. The van der Waals surface area contributed by atoms with Gasteiger partial charge >= 0.3 is 0 Å². The zero-order valence-electron chi connectivity index (χ0n) is 11.3. The monoisotopic (exact) mass is 273 g/mol. The molecule has 5 heteroatoms. The third-order valence-electron chi connectivity index (χ3n) is 3.69. The molecule has 1 amide bonds. The molecule has 0 saturated carbocycles. The van der Waals surface area contributed by atoms with E-state index in [1.165, 1.54) is 12.1 Å². The van der Waals surface area contributed by atoms with E-state index in [4.69, 9.17) is 0 Å². The van der Waals surface area contributed by atoms with Gasteiger partial charge in [0.05, 0.1) is 5.69 Å². The van der Waals surface area contributed by atoms with Crippen LogP contribution in [0.4, 0.5) is 4.39 Å². The molecule has 1 aliphatic carbocycles. The minimum Gasteiger partial charge on any atom is -0.354 e. The number of fused-ring (bicyclic) bond motifs is 1. The van der Waals surface area contributed by atoms with Crippen LogP contribution in [0.2, 0.25) is 0 Å². The molecule has 20 heavy (non-hydrogen) atoms. The molecule has 0 bridgehead atoms. The van der Waals surface area contributed by atoms with Crippen LogP contribution in [0.5, 0.6) is 0 Å². The summed E-state index contributed by atoms with van der Waals surface area (Å²) >= 11 is 0. The Kier molecular flexibility index (Phi) is 3.26. The van der Waals surface area contributed by atoms with Gasteiger partial charge in [0, 0.05) is 18.3 Å². The highest BCUT2D eigenvalue weighted by Crippen LogP contribution is 2.27. The molecule has 2 aromatic rings. The maximum Gasteiger partial charge on any atom is 0.271 e. The van der Waals surface area contributed by atoms with E-state index in [1.54, 1.807) is 23.9 Å². The zero-order valence-corrected chi connectivity index (χ0v) is 11.3. The lowest BCUT2D eigenvalue weighted by atomic mass is 9.95. The van der Waals surface area contributed by atoms with Crippen LogP contribution in [0.1, 0.15) is 34.6 Å². The van der Waals surface area contributed by atoms with E-state index in [0.717, 1.165) is 42.6 Å². The topological polar surface area (TPSA) is 46.9 Å². The van der Waals surface area contributed by atoms with Crippen LogP contribution in [0.25, 0.3) is 5.69 Å². The van der Waals surface area contributed by atoms with Gasteiger partial charge in [-0.25, -0.2) is 9.07 Å². The first-order valence-corrected chi connectivity index (χ1v) is 6.79. The molecule has 0 saturated heterocycles. The Balaban J connectivity index is 2.13. The molecular formula is C15H16FN3O. The molecule has 4 nitrogen and oxygen atoms in total. The predicted molar refractivity (Wildman–Crippen MR) is 73.6 cm³/mol. The Morgan fingerprint density at radius 1 is 1.25 bits per heavy atom. The number of amides is 1. The van der Waals surface area contributed by atoms with Crippen molar-refractivity contribution in [2.75, 3.05) is 7.05 Å². The highest BCUT2D eigenvalue weighted by molar-refractivity contribution is 5.94. The Morgan fingerprint density at radius 2 is 1.95 bits per heavy atom. The first-order chi connectivity index (χ1) is 9.70. The van der Waals surface area contributed by atoms with Crippen molar-refractivity contribution in [3.63, 3.8) is 0 Å². The second-order valence-corrected chi connectivity index (χ2v) is 4.95. The molecule has 1 aromatic heterocycles. The van der Waals surface area contributed by atoms with Crippen molar-refractivity contribution in [1.29, 1.82) is 0 Å². The zero-order chi connectivity index (χ0) is 14.1. The van der Waals surface area contributed by atoms with Gasteiger partial charge in [0.15, 0.2) is 5.69 Å². The largest absolute Gasteiger partial charge is 0.354 e. The Labute approximate surface area is 116 Å². The SMILES string of the molecule is CNC(=O)c1nn(-c2ccc(F)cc2)c2c1CCCC2. The lowest BCUT2D eigenvalue weighted by molar-refractivity contribution is 0.0956. The molecule has 1 aromatic carbocycles. The third kappa shape index (κ3) is 2.09. The molecule has 0 spiro atoms. The third-order valence-corrected chi connectivity index (χ3v) is 3.69. The van der Waals surface area contributed by atoms with Crippen LogP contribution < -0.4 is 5.32 Å². The van der Waals surface area contributed by atoms with Crippen molar-refractivity contribution >= 4 is 5.91 Å². The summed E-state index contributed by atoms with van der Waals surface area (Å²) in [7, 11) is 1.61. The smallest absolute Gasteiger partial charge is 0.271 e. The molecule has 0 fully saturated rings. The molecule has 0 atom stereocenters. The van der Waals surface area contributed by atoms with Gasteiger partial charge in [-0.3, -0.25) is 4.79 Å². The number of carbonyl (C=O) groups excluding carboxylic acids is 1. The molecule has 0 radical (unpaired) electrons. The molecule has 0 aliphatic heterocycles. The van der Waals surface area contributed by atoms with Gasteiger partial charge in [-0.15, -0.1) is 0 Å². The summed E-state index contributed by atoms with van der Waals surface area (Å²) in [5.74, 6) is -0.440. The fraction of sp³-hybridized carbons (Fsp3) is 0.333. The van der Waals surface area contributed by atoms with Gasteiger partial charge in [-0.2, -0.15) is 5.10 Å². The number of aromatic nitrogens is 2. The number of hydrogen-bond acceptors (Lipinski definition) is 2. The van der Waals surface area contributed by atoms with Crippen LogP contribution in [0.3, 0.4) is 0 Å². The first-order valence-electron chi connectivity index (χ1n) is 6.79. The Bertz CT molecular complexity index is 646. The minimum absolute atomic E-state index is 0.163. The summed E-state index contributed by atoms with van der Waals surface area (Å²) in [6.45, 7) is 0. The second-order valence-electron chi connectivity index (χ2n) is 4.95. The van der Waals surface area contributed by atoms with Crippen molar-refractivity contribution in [1.82, 2.24) is 15.1 Å². The minimum atomic E-state index is -0.277. The van der Waals surface area contributed by atoms with E-state index in [9.17, 15) is 9.18 Å². The van der Waals surface area contributed by atoms with E-state index in [2.05, 4.69) is 10.4 Å². The maximum atomic E-state index is 13.0. The highest BCUT2D eigenvalue weighted by Gasteiger charge is 2.24. The summed E-state index contributed by atoms with van der Waals surface area (Å²) in [6.07, 6.45) is 3.94. The Hall–Kier alpha value is -2.17. The van der Waals surface area contributed by atoms with Crippen molar-refractivity contribution in [2.45, 2.75) is 25.7 Å². The van der Waals surface area contributed by atoms with E-state index in [0.29, 0.717) is 5.69 Å². The van der Waals surface area contributed by atoms with Gasteiger partial charge in [-0.05, 0) is 49.9 Å². The average Bonchev–Trinajstić information content (AvgIpc) is 2.87. The van der Waals surface area contributed by atoms with Crippen molar-refractivity contribution in [2.24, 2.45) is 0 Å². The number of nitrogens with zero attached hydrogens (tertiary/aromatic N) is 2. The molecule has 0 unspecified atom stereocenters. The summed E-state index contributed by atoms with van der Waals surface area (Å²) < 4.78 is 14.8. The van der Waals surface area contributed by atoms with Gasteiger partial charge < -0.3 is 5.32 Å². The van der Waals surface area contributed by atoms with Crippen LogP contribution in [-0.4, -0.2) is 22.7 Å². The number of halogens is 1. The fourth-order valence-corrected chi connectivity index (χ4v) is 2.70. The summed E-state index contributed by atoms with van der Waals surface area (Å²) in [5.41, 5.74) is 3.38. The quantitative estimate of drug-likeness (QED) is 0.912. The fourth-order valence-electron chi connectivity index (χ4n) is 2.70. The van der Waals surface area contributed by atoms with Gasteiger partial charge in [0.25, 0.3) is 5.91 Å². The Morgan fingerprint density at radius 3 is 2.65 bits per heavy atom. The van der Waals surface area contributed by atoms with Crippen molar-refractivity contribution < 1.29 is 9.18 Å². The molecule has 1 N–H and O–H groups in total. The van der Waals surface area contributed by atoms with Crippen LogP contribution >= 0.6 is 0 Å².